The first-order chi connectivity index (χ1) is 10.1. The Hall–Kier alpha value is -3.09. The van der Waals surface area contributed by atoms with Gasteiger partial charge in [0.1, 0.15) is 12.4 Å². The summed E-state index contributed by atoms with van der Waals surface area (Å²) >= 11 is 0. The van der Waals surface area contributed by atoms with E-state index in [2.05, 4.69) is 5.43 Å². The van der Waals surface area contributed by atoms with Crippen LogP contribution in [0.2, 0.25) is 0 Å². The van der Waals surface area contributed by atoms with Gasteiger partial charge in [-0.2, -0.15) is 9.58 Å². The summed E-state index contributed by atoms with van der Waals surface area (Å²) in [5.74, 6) is -1.98. The lowest BCUT2D eigenvalue weighted by Crippen LogP contribution is -2.37. The van der Waals surface area contributed by atoms with Crippen LogP contribution in [0.25, 0.3) is 5.70 Å². The highest BCUT2D eigenvalue weighted by Crippen LogP contribution is 2.23. The van der Waals surface area contributed by atoms with Crippen molar-refractivity contribution >= 4 is 23.2 Å². The van der Waals surface area contributed by atoms with Gasteiger partial charge in [0.2, 0.25) is 17.8 Å². The van der Waals surface area contributed by atoms with Crippen molar-refractivity contribution in [3.05, 3.63) is 54.8 Å². The molecule has 0 atom stereocenters. The molecule has 0 unspecified atom stereocenters. The third-order valence-corrected chi connectivity index (χ3v) is 3.08. The largest absolute Gasteiger partial charge is 0.500 e. The zero-order valence-electron chi connectivity index (χ0n) is 11.2. The van der Waals surface area contributed by atoms with Crippen LogP contribution in [-0.2, 0) is 16.6 Å². The normalized spacial score (nSPS) is 15.0. The number of benzene rings is 1. The number of hydrazine groups is 1. The van der Waals surface area contributed by atoms with E-state index in [9.17, 15) is 14.7 Å². The molecule has 21 heavy (non-hydrogen) atoms. The quantitative estimate of drug-likeness (QED) is 0.633. The van der Waals surface area contributed by atoms with E-state index in [4.69, 9.17) is 0 Å². The highest BCUT2D eigenvalue weighted by molar-refractivity contribution is 6.31. The number of hydrogen-bond acceptors (Lipinski definition) is 4. The third-order valence-electron chi connectivity index (χ3n) is 3.08. The molecule has 2 amide bonds. The van der Waals surface area contributed by atoms with Gasteiger partial charge in [-0.05, 0) is 12.1 Å². The Bertz CT molecular complexity index is 749. The molecule has 0 saturated carbocycles. The van der Waals surface area contributed by atoms with Crippen molar-refractivity contribution in [2.45, 2.75) is 0 Å². The monoisotopic (exact) mass is 285 g/mol. The maximum Gasteiger partial charge on any atom is 0.324 e. The number of amides is 2. The fourth-order valence-corrected chi connectivity index (χ4v) is 2.07. The predicted molar refractivity (Wildman–Crippen MR) is 73.4 cm³/mol. The van der Waals surface area contributed by atoms with Crippen LogP contribution in [0.4, 0.5) is 5.69 Å². The van der Waals surface area contributed by atoms with Crippen molar-refractivity contribution in [1.29, 1.82) is 0 Å². The number of aromatic nitrogens is 2. The Kier molecular flexibility index (Phi) is 2.94. The lowest BCUT2D eigenvalue weighted by Gasteiger charge is -2.15. The van der Waals surface area contributed by atoms with Crippen molar-refractivity contribution in [3.8, 4) is 0 Å². The second-order valence-electron chi connectivity index (χ2n) is 4.61. The highest BCUT2D eigenvalue weighted by Gasteiger charge is 2.43. The summed E-state index contributed by atoms with van der Waals surface area (Å²) in [6.45, 7) is 0. The number of anilines is 1. The molecular formula is C14H13N4O3+. The van der Waals surface area contributed by atoms with Crippen LogP contribution in [0.15, 0.2) is 54.8 Å². The molecule has 106 valence electrons. The Morgan fingerprint density at radius 1 is 1.14 bits per heavy atom. The molecule has 0 spiro atoms. The molecule has 0 saturated heterocycles. The number of carbonyl (C=O) groups excluding carboxylic acids is 2. The van der Waals surface area contributed by atoms with E-state index in [0.717, 1.165) is 5.01 Å². The summed E-state index contributed by atoms with van der Waals surface area (Å²) in [6.07, 6.45) is 4.87. The van der Waals surface area contributed by atoms with Gasteiger partial charge < -0.3 is 5.11 Å². The van der Waals surface area contributed by atoms with Crippen LogP contribution in [0, 0.1) is 0 Å². The average molecular weight is 285 g/mol. The van der Waals surface area contributed by atoms with Crippen molar-refractivity contribution in [3.63, 3.8) is 0 Å². The van der Waals surface area contributed by atoms with Crippen LogP contribution in [0.5, 0.6) is 0 Å². The molecule has 2 aromatic rings. The van der Waals surface area contributed by atoms with E-state index >= 15 is 0 Å². The van der Waals surface area contributed by atoms with Crippen molar-refractivity contribution in [2.75, 3.05) is 5.43 Å². The summed E-state index contributed by atoms with van der Waals surface area (Å²) in [4.78, 5) is 24.4. The molecule has 1 aliphatic heterocycles. The van der Waals surface area contributed by atoms with Crippen LogP contribution in [-0.4, -0.2) is 26.5 Å². The number of carbonyl (C=O) groups is 2. The number of imidazole rings is 1. The summed E-state index contributed by atoms with van der Waals surface area (Å²) in [5, 5.41) is 10.7. The van der Waals surface area contributed by atoms with Crippen LogP contribution < -0.4 is 9.99 Å². The molecule has 0 aliphatic carbocycles. The van der Waals surface area contributed by atoms with Crippen LogP contribution >= 0.6 is 0 Å². The smallest absolute Gasteiger partial charge is 0.324 e. The first-order valence-corrected chi connectivity index (χ1v) is 6.25. The number of nitrogens with zero attached hydrogens (tertiary/aromatic N) is 3. The summed E-state index contributed by atoms with van der Waals surface area (Å²) < 4.78 is 3.10. The van der Waals surface area contributed by atoms with Gasteiger partial charge in [0.15, 0.2) is 0 Å². The molecule has 0 bridgehead atoms. The lowest BCUT2D eigenvalue weighted by atomic mass is 10.3. The number of nitrogens with one attached hydrogen (secondary N) is 1. The predicted octanol–water partition coefficient (Wildman–Crippen LogP) is 0.435. The number of para-hydroxylation sites is 1. The molecular weight excluding hydrogens is 272 g/mol. The maximum atomic E-state index is 12.3. The van der Waals surface area contributed by atoms with E-state index < -0.39 is 17.6 Å². The van der Waals surface area contributed by atoms with Crippen LogP contribution in [0.3, 0.4) is 0 Å². The first-order valence-electron chi connectivity index (χ1n) is 6.25. The molecule has 2 heterocycles. The van der Waals surface area contributed by atoms with Gasteiger partial charge in [-0.1, -0.05) is 18.2 Å². The molecule has 2 N–H and O–H groups in total. The molecule has 1 aromatic heterocycles. The van der Waals surface area contributed by atoms with E-state index in [0.29, 0.717) is 5.69 Å². The fraction of sp³-hybridized carbons (Fsp3) is 0.0714. The Labute approximate surface area is 120 Å². The van der Waals surface area contributed by atoms with Gasteiger partial charge in [0, 0.05) is 0 Å². The van der Waals surface area contributed by atoms with Gasteiger partial charge in [-0.3, -0.25) is 15.0 Å². The van der Waals surface area contributed by atoms with Gasteiger partial charge in [0.25, 0.3) is 0 Å². The van der Waals surface area contributed by atoms with Crippen molar-refractivity contribution in [2.24, 2.45) is 7.05 Å². The third kappa shape index (κ3) is 2.14. The van der Waals surface area contributed by atoms with E-state index in [1.165, 1.54) is 4.57 Å². The summed E-state index contributed by atoms with van der Waals surface area (Å²) in [6, 6.07) is 8.79. The first kappa shape index (κ1) is 12.9. The topological polar surface area (TPSA) is 78.5 Å². The Morgan fingerprint density at radius 2 is 1.86 bits per heavy atom. The molecule has 1 aliphatic rings. The summed E-state index contributed by atoms with van der Waals surface area (Å²) in [5.41, 5.74) is 3.19. The molecule has 1 aromatic carbocycles. The molecule has 0 radical (unpaired) electrons. The van der Waals surface area contributed by atoms with Gasteiger partial charge >= 0.3 is 11.8 Å². The average Bonchev–Trinajstić information content (AvgIpc) is 2.98. The molecule has 7 nitrogen and oxygen atoms in total. The number of aryl methyl sites for hydroxylation is 1. The standard InChI is InChI=1S/C14H12N4O3/c1-16-7-8-17(9-16)11-12(19)14(21)18(13(11)20)15-10-5-3-2-4-6-10/h2-9,15H,1H3/p+1. The van der Waals surface area contributed by atoms with E-state index in [1.54, 1.807) is 54.6 Å². The minimum atomic E-state index is -0.782. The second kappa shape index (κ2) is 4.78. The van der Waals surface area contributed by atoms with E-state index in [1.807, 2.05) is 6.07 Å². The number of hydrogen-bond donors (Lipinski definition) is 2. The lowest BCUT2D eigenvalue weighted by molar-refractivity contribution is -0.670. The SMILES string of the molecule is C[n+]1ccn(C2=C(O)C(=O)N(Nc3ccccc3)C2=O)c1. The van der Waals surface area contributed by atoms with Crippen LogP contribution in [0.1, 0.15) is 0 Å². The minimum absolute atomic E-state index is 0.0796. The summed E-state index contributed by atoms with van der Waals surface area (Å²) in [7, 11) is 1.77. The number of rotatable bonds is 3. The molecule has 3 rings (SSSR count). The Balaban J connectivity index is 1.91. The van der Waals surface area contributed by atoms with E-state index in [-0.39, 0.29) is 5.70 Å². The number of aliphatic hydroxyl groups is 1. The molecule has 7 heteroatoms. The van der Waals surface area contributed by atoms with Crippen molar-refractivity contribution < 1.29 is 19.3 Å². The zero-order valence-corrected chi connectivity index (χ0v) is 11.2. The minimum Gasteiger partial charge on any atom is -0.500 e. The molecule has 0 fully saturated rings. The van der Waals surface area contributed by atoms with Gasteiger partial charge in [0.05, 0.1) is 12.7 Å². The fourth-order valence-electron chi connectivity index (χ4n) is 2.07. The highest BCUT2D eigenvalue weighted by atomic mass is 16.3. The van der Waals surface area contributed by atoms with Gasteiger partial charge in [-0.15, -0.1) is 0 Å². The number of aliphatic hydroxyl groups excluding tert-OH is 1. The zero-order chi connectivity index (χ0) is 15.0. The number of imide groups is 1. The Morgan fingerprint density at radius 3 is 2.48 bits per heavy atom. The maximum absolute atomic E-state index is 12.3. The van der Waals surface area contributed by atoms with Crippen molar-refractivity contribution in [1.82, 2.24) is 9.58 Å². The second-order valence-corrected chi connectivity index (χ2v) is 4.61. The van der Waals surface area contributed by atoms with Gasteiger partial charge in [-0.25, -0.2) is 4.57 Å².